The fourth-order valence-corrected chi connectivity index (χ4v) is 5.03. The van der Waals surface area contributed by atoms with Gasteiger partial charge in [-0.3, -0.25) is 0 Å². The predicted molar refractivity (Wildman–Crippen MR) is 127 cm³/mol. The quantitative estimate of drug-likeness (QED) is 0.118. The van der Waals surface area contributed by atoms with Gasteiger partial charge in [0.05, 0.1) is 37.9 Å². The van der Waals surface area contributed by atoms with Gasteiger partial charge in [0.25, 0.3) is 0 Å². The molecular formula is C21H43N5O12. The van der Waals surface area contributed by atoms with Gasteiger partial charge in [-0.25, -0.2) is 0 Å². The van der Waals surface area contributed by atoms with Gasteiger partial charge in [0.15, 0.2) is 12.6 Å². The van der Waals surface area contributed by atoms with E-state index in [0.29, 0.717) is 0 Å². The molecule has 15 atom stereocenters. The number of nitrogens with one attached hydrogen (secondary N) is 1. The molecule has 2 saturated heterocycles. The molecule has 224 valence electrons. The van der Waals surface area contributed by atoms with Gasteiger partial charge in [0.2, 0.25) is 0 Å². The number of aliphatic hydroxyl groups is 8. The number of hydrogen-bond acceptors (Lipinski definition) is 17. The van der Waals surface area contributed by atoms with Crippen molar-refractivity contribution in [3.8, 4) is 0 Å². The third kappa shape index (κ3) is 6.61. The van der Waals surface area contributed by atoms with Crippen LogP contribution in [0.15, 0.2) is 0 Å². The van der Waals surface area contributed by atoms with Gasteiger partial charge in [-0.15, -0.1) is 0 Å². The Balaban J connectivity index is 1.83. The Morgan fingerprint density at radius 1 is 0.737 bits per heavy atom. The van der Waals surface area contributed by atoms with E-state index in [-0.39, 0.29) is 13.0 Å². The first-order chi connectivity index (χ1) is 18.0. The summed E-state index contributed by atoms with van der Waals surface area (Å²) in [6, 6.07) is -4.98. The highest BCUT2D eigenvalue weighted by molar-refractivity contribution is 5.03. The van der Waals surface area contributed by atoms with Gasteiger partial charge in [0, 0.05) is 18.6 Å². The molecule has 3 rings (SSSR count). The standard InChI is InChI=1S/C21H43N5O12/c22-2-9-14(31)15(32)12(25)20(35-9)37-18-7(23)1-8(26-6(3-27)4-28)19(17(18)34)38-21-16(33)11(24)13(30)10(5-29)36-21/h6-21,26-34H,1-5,22-25H2. The average Bonchev–Trinajstić information content (AvgIpc) is 2.91. The molecule has 17 nitrogen and oxygen atoms in total. The Labute approximate surface area is 219 Å². The number of rotatable bonds is 10. The summed E-state index contributed by atoms with van der Waals surface area (Å²) >= 11 is 0. The molecule has 1 aliphatic carbocycles. The normalized spacial score (nSPS) is 48.4. The van der Waals surface area contributed by atoms with Crippen LogP contribution in [0.3, 0.4) is 0 Å². The molecule has 15 unspecified atom stereocenters. The maximum Gasteiger partial charge on any atom is 0.186 e. The van der Waals surface area contributed by atoms with Crippen molar-refractivity contribution in [1.82, 2.24) is 5.32 Å². The summed E-state index contributed by atoms with van der Waals surface area (Å²) < 4.78 is 22.9. The SMILES string of the molecule is NCC1OC(OC2C(N)CC(NC(CO)CO)C(OC3OC(CO)C(O)C(N)C3O)C2O)C(N)C(O)C1O. The van der Waals surface area contributed by atoms with Crippen LogP contribution >= 0.6 is 0 Å². The monoisotopic (exact) mass is 557 g/mol. The summed E-state index contributed by atoms with van der Waals surface area (Å²) in [6.45, 7) is -1.69. The summed E-state index contributed by atoms with van der Waals surface area (Å²) in [5, 5.41) is 84.1. The van der Waals surface area contributed by atoms with Gasteiger partial charge in [-0.2, -0.15) is 0 Å². The van der Waals surface area contributed by atoms with Crippen molar-refractivity contribution in [2.75, 3.05) is 26.4 Å². The fourth-order valence-electron chi connectivity index (χ4n) is 5.03. The number of hydrogen-bond donors (Lipinski definition) is 13. The van der Waals surface area contributed by atoms with Crippen LogP contribution in [0.2, 0.25) is 0 Å². The molecule has 38 heavy (non-hydrogen) atoms. The second-order valence-electron chi connectivity index (χ2n) is 10.0. The maximum atomic E-state index is 11.3. The third-order valence-corrected chi connectivity index (χ3v) is 7.41. The highest BCUT2D eigenvalue weighted by atomic mass is 16.7. The van der Waals surface area contributed by atoms with Crippen molar-refractivity contribution >= 4 is 0 Å². The van der Waals surface area contributed by atoms with Gasteiger partial charge < -0.3 is 88.1 Å². The molecule has 0 amide bonds. The Kier molecular flexibility index (Phi) is 11.6. The molecule has 0 radical (unpaired) electrons. The van der Waals surface area contributed by atoms with Crippen LogP contribution in [0.1, 0.15) is 6.42 Å². The van der Waals surface area contributed by atoms with Crippen molar-refractivity contribution in [2.24, 2.45) is 22.9 Å². The zero-order valence-electron chi connectivity index (χ0n) is 20.8. The lowest BCUT2D eigenvalue weighted by atomic mass is 9.83. The topological polar surface area (TPSA) is 315 Å². The van der Waals surface area contributed by atoms with Gasteiger partial charge in [-0.1, -0.05) is 0 Å². The molecule has 0 aromatic heterocycles. The Morgan fingerprint density at radius 2 is 1.34 bits per heavy atom. The van der Waals surface area contributed by atoms with Crippen molar-refractivity contribution in [3.05, 3.63) is 0 Å². The van der Waals surface area contributed by atoms with Crippen molar-refractivity contribution in [1.29, 1.82) is 0 Å². The zero-order chi connectivity index (χ0) is 28.3. The van der Waals surface area contributed by atoms with E-state index < -0.39 is 118 Å². The number of aliphatic hydroxyl groups excluding tert-OH is 8. The Morgan fingerprint density at radius 3 is 1.92 bits per heavy atom. The van der Waals surface area contributed by atoms with Crippen LogP contribution in [0.5, 0.6) is 0 Å². The van der Waals surface area contributed by atoms with Crippen molar-refractivity contribution in [3.63, 3.8) is 0 Å². The fraction of sp³-hybridized carbons (Fsp3) is 1.00. The molecule has 0 spiro atoms. The van der Waals surface area contributed by atoms with Crippen molar-refractivity contribution < 1.29 is 59.8 Å². The average molecular weight is 558 g/mol. The minimum absolute atomic E-state index is 0.0528. The summed E-state index contributed by atoms with van der Waals surface area (Å²) in [6.07, 6.45) is -14.7. The lowest BCUT2D eigenvalue weighted by Crippen LogP contribution is -2.70. The first kappa shape index (κ1) is 31.8. The van der Waals surface area contributed by atoms with E-state index in [0.717, 1.165) is 0 Å². The summed E-state index contributed by atoms with van der Waals surface area (Å²) in [5.74, 6) is 0. The summed E-state index contributed by atoms with van der Waals surface area (Å²) in [5.41, 5.74) is 23.8. The lowest BCUT2D eigenvalue weighted by Gasteiger charge is -2.49. The van der Waals surface area contributed by atoms with E-state index in [4.69, 9.17) is 41.9 Å². The van der Waals surface area contributed by atoms with Gasteiger partial charge >= 0.3 is 0 Å². The molecule has 0 aromatic rings. The first-order valence-corrected chi connectivity index (χ1v) is 12.6. The highest BCUT2D eigenvalue weighted by Crippen LogP contribution is 2.31. The van der Waals surface area contributed by atoms with E-state index in [2.05, 4.69) is 5.32 Å². The zero-order valence-corrected chi connectivity index (χ0v) is 20.8. The van der Waals surface area contributed by atoms with E-state index in [9.17, 15) is 40.9 Å². The van der Waals surface area contributed by atoms with Crippen LogP contribution in [-0.4, -0.2) is 165 Å². The van der Waals surface area contributed by atoms with E-state index in [1.54, 1.807) is 0 Å². The second kappa shape index (κ2) is 13.8. The molecule has 2 aliphatic heterocycles. The minimum Gasteiger partial charge on any atom is -0.395 e. The van der Waals surface area contributed by atoms with Gasteiger partial charge in [0.1, 0.15) is 54.9 Å². The summed E-state index contributed by atoms with van der Waals surface area (Å²) in [7, 11) is 0. The number of nitrogens with two attached hydrogens (primary N) is 4. The largest absolute Gasteiger partial charge is 0.395 e. The Hall–Kier alpha value is -0.680. The molecule has 1 saturated carbocycles. The van der Waals surface area contributed by atoms with Crippen LogP contribution in [0, 0.1) is 0 Å². The van der Waals surface area contributed by atoms with Crippen LogP contribution in [0.4, 0.5) is 0 Å². The molecule has 3 aliphatic rings. The molecule has 17 N–H and O–H groups in total. The molecular weight excluding hydrogens is 514 g/mol. The van der Waals surface area contributed by atoms with Crippen LogP contribution < -0.4 is 28.3 Å². The second-order valence-corrected chi connectivity index (χ2v) is 10.0. The predicted octanol–water partition coefficient (Wildman–Crippen LogP) is -8.34. The van der Waals surface area contributed by atoms with Crippen LogP contribution in [-0.2, 0) is 18.9 Å². The molecule has 17 heteroatoms. The number of ether oxygens (including phenoxy) is 4. The molecule has 0 aromatic carbocycles. The smallest absolute Gasteiger partial charge is 0.186 e. The van der Waals surface area contributed by atoms with Crippen molar-refractivity contribution in [2.45, 2.75) is 104 Å². The molecule has 2 heterocycles. The third-order valence-electron chi connectivity index (χ3n) is 7.41. The maximum absolute atomic E-state index is 11.3. The lowest BCUT2D eigenvalue weighted by molar-refractivity contribution is -0.320. The highest BCUT2D eigenvalue weighted by Gasteiger charge is 2.52. The molecule has 0 bridgehead atoms. The Bertz CT molecular complexity index is 724. The van der Waals surface area contributed by atoms with Gasteiger partial charge in [-0.05, 0) is 6.42 Å². The first-order valence-electron chi connectivity index (χ1n) is 12.6. The van der Waals surface area contributed by atoms with E-state index in [1.807, 2.05) is 0 Å². The van der Waals surface area contributed by atoms with E-state index in [1.165, 1.54) is 0 Å². The van der Waals surface area contributed by atoms with Crippen LogP contribution in [0.25, 0.3) is 0 Å². The minimum atomic E-state index is -1.56. The van der Waals surface area contributed by atoms with E-state index >= 15 is 0 Å². The summed E-state index contributed by atoms with van der Waals surface area (Å²) in [4.78, 5) is 0. The molecule has 3 fully saturated rings.